The lowest BCUT2D eigenvalue weighted by molar-refractivity contribution is -0.153. The number of benzene rings is 1. The highest BCUT2D eigenvalue weighted by Gasteiger charge is 2.49. The summed E-state index contributed by atoms with van der Waals surface area (Å²) in [5, 5.41) is 0. The van der Waals surface area contributed by atoms with Crippen LogP contribution in [0.1, 0.15) is 44.1 Å². The largest absolute Gasteiger partial charge is 0.335 e. The summed E-state index contributed by atoms with van der Waals surface area (Å²) >= 11 is 0. The molecule has 1 saturated carbocycles. The van der Waals surface area contributed by atoms with E-state index in [1.165, 1.54) is 12.8 Å². The molecule has 1 aromatic carbocycles. The van der Waals surface area contributed by atoms with Crippen molar-refractivity contribution in [1.29, 1.82) is 0 Å². The number of rotatable bonds is 4. The molecule has 4 rings (SSSR count). The van der Waals surface area contributed by atoms with E-state index in [9.17, 15) is 9.59 Å². The van der Waals surface area contributed by atoms with Gasteiger partial charge in [-0.15, -0.1) is 0 Å². The lowest BCUT2D eigenvalue weighted by Gasteiger charge is -2.43. The average Bonchev–Trinajstić information content (AvgIpc) is 3.36. The molecule has 0 unspecified atom stereocenters. The Morgan fingerprint density at radius 2 is 1.62 bits per heavy atom. The Morgan fingerprint density at radius 3 is 2.27 bits per heavy atom. The number of carbonyl (C=O) groups excluding carboxylic acids is 2. The molecule has 2 amide bonds. The lowest BCUT2D eigenvalue weighted by Crippen LogP contribution is -2.61. The molecular weight excluding hydrogens is 326 g/mol. The van der Waals surface area contributed by atoms with Crippen LogP contribution in [-0.4, -0.2) is 64.8 Å². The molecule has 5 heteroatoms. The second kappa shape index (κ2) is 7.39. The minimum Gasteiger partial charge on any atom is -0.335 e. The third-order valence-electron chi connectivity index (χ3n) is 6.36. The number of likely N-dealkylation sites (tertiary alicyclic amines) is 1. The Labute approximate surface area is 155 Å². The van der Waals surface area contributed by atoms with Crippen LogP contribution in [-0.2, 0) is 16.1 Å². The van der Waals surface area contributed by atoms with Crippen molar-refractivity contribution in [1.82, 2.24) is 14.7 Å². The Hall–Kier alpha value is -1.88. The van der Waals surface area contributed by atoms with E-state index < -0.39 is 0 Å². The quantitative estimate of drug-likeness (QED) is 0.832. The number of carbonyl (C=O) groups is 2. The van der Waals surface area contributed by atoms with Crippen LogP contribution in [0.2, 0.25) is 0 Å². The maximum atomic E-state index is 13.4. The third kappa shape index (κ3) is 3.25. The molecule has 0 atom stereocenters. The number of nitrogens with zero attached hydrogens (tertiary/aromatic N) is 3. The van der Waals surface area contributed by atoms with Crippen LogP contribution < -0.4 is 0 Å². The van der Waals surface area contributed by atoms with Crippen molar-refractivity contribution in [2.75, 3.05) is 32.7 Å². The molecule has 26 heavy (non-hydrogen) atoms. The Kier molecular flexibility index (Phi) is 4.98. The predicted molar refractivity (Wildman–Crippen MR) is 100 cm³/mol. The van der Waals surface area contributed by atoms with Gasteiger partial charge in [-0.1, -0.05) is 43.2 Å². The van der Waals surface area contributed by atoms with E-state index in [0.717, 1.165) is 44.3 Å². The average molecular weight is 355 g/mol. The Morgan fingerprint density at radius 1 is 0.923 bits per heavy atom. The molecule has 0 radical (unpaired) electrons. The van der Waals surface area contributed by atoms with Gasteiger partial charge in [-0.3, -0.25) is 14.5 Å². The molecule has 140 valence electrons. The van der Waals surface area contributed by atoms with E-state index in [2.05, 4.69) is 4.90 Å². The SMILES string of the molecule is O=C1CN(C(=O)C2(N3CCCC3)CCCC2)CCN1Cc1ccccc1. The summed E-state index contributed by atoms with van der Waals surface area (Å²) in [5.74, 6) is 0.285. The third-order valence-corrected chi connectivity index (χ3v) is 6.36. The van der Waals surface area contributed by atoms with Gasteiger partial charge in [0, 0.05) is 19.6 Å². The van der Waals surface area contributed by atoms with Crippen LogP contribution >= 0.6 is 0 Å². The van der Waals surface area contributed by atoms with Gasteiger partial charge in [0.05, 0.1) is 6.54 Å². The van der Waals surface area contributed by atoms with Crippen LogP contribution in [0.25, 0.3) is 0 Å². The van der Waals surface area contributed by atoms with Crippen LogP contribution in [0.15, 0.2) is 30.3 Å². The summed E-state index contributed by atoms with van der Waals surface area (Å²) in [6.07, 6.45) is 6.57. The first kappa shape index (κ1) is 17.5. The predicted octanol–water partition coefficient (Wildman–Crippen LogP) is 2.27. The number of hydrogen-bond acceptors (Lipinski definition) is 3. The van der Waals surface area contributed by atoms with E-state index in [0.29, 0.717) is 19.6 Å². The van der Waals surface area contributed by atoms with Crippen molar-refractivity contribution >= 4 is 11.8 Å². The summed E-state index contributed by atoms with van der Waals surface area (Å²) in [4.78, 5) is 32.3. The van der Waals surface area contributed by atoms with Crippen LogP contribution in [0.3, 0.4) is 0 Å². The number of amides is 2. The van der Waals surface area contributed by atoms with Crippen LogP contribution in [0.4, 0.5) is 0 Å². The maximum Gasteiger partial charge on any atom is 0.243 e. The van der Waals surface area contributed by atoms with Crippen molar-refractivity contribution in [3.63, 3.8) is 0 Å². The second-order valence-corrected chi connectivity index (χ2v) is 7.96. The van der Waals surface area contributed by atoms with Crippen molar-refractivity contribution in [3.05, 3.63) is 35.9 Å². The van der Waals surface area contributed by atoms with Crippen LogP contribution in [0, 0.1) is 0 Å². The first-order valence-corrected chi connectivity index (χ1v) is 10.1. The first-order chi connectivity index (χ1) is 12.7. The number of piperazine rings is 1. The molecule has 1 aliphatic carbocycles. The normalized spacial score (nSPS) is 23.6. The highest BCUT2D eigenvalue weighted by Crippen LogP contribution is 2.39. The van der Waals surface area contributed by atoms with E-state index in [4.69, 9.17) is 0 Å². The molecule has 0 aromatic heterocycles. The van der Waals surface area contributed by atoms with Crippen LogP contribution in [0.5, 0.6) is 0 Å². The zero-order valence-corrected chi connectivity index (χ0v) is 15.5. The highest BCUT2D eigenvalue weighted by molar-refractivity contribution is 5.91. The van der Waals surface area contributed by atoms with Gasteiger partial charge in [0.1, 0.15) is 5.54 Å². The fourth-order valence-electron chi connectivity index (χ4n) is 4.92. The molecular formula is C21H29N3O2. The first-order valence-electron chi connectivity index (χ1n) is 10.1. The topological polar surface area (TPSA) is 43.9 Å². The molecule has 0 N–H and O–H groups in total. The molecule has 3 fully saturated rings. The summed E-state index contributed by atoms with van der Waals surface area (Å²) in [6.45, 7) is 4.24. The van der Waals surface area contributed by atoms with E-state index in [-0.39, 0.29) is 23.9 Å². The summed E-state index contributed by atoms with van der Waals surface area (Å²) < 4.78 is 0. The molecule has 2 aliphatic heterocycles. The van der Waals surface area contributed by atoms with Gasteiger partial charge in [0.25, 0.3) is 0 Å². The van der Waals surface area contributed by atoms with E-state index in [1.807, 2.05) is 40.1 Å². The van der Waals surface area contributed by atoms with Crippen molar-refractivity contribution in [2.24, 2.45) is 0 Å². The smallest absolute Gasteiger partial charge is 0.243 e. The van der Waals surface area contributed by atoms with Crippen molar-refractivity contribution in [2.45, 2.75) is 50.6 Å². The lowest BCUT2D eigenvalue weighted by atomic mass is 9.92. The van der Waals surface area contributed by atoms with Gasteiger partial charge in [0.2, 0.25) is 11.8 Å². The van der Waals surface area contributed by atoms with Gasteiger partial charge < -0.3 is 9.80 Å². The Balaban J connectivity index is 1.42. The van der Waals surface area contributed by atoms with Gasteiger partial charge in [-0.05, 0) is 44.3 Å². The molecule has 0 bridgehead atoms. The van der Waals surface area contributed by atoms with Gasteiger partial charge in [0.15, 0.2) is 0 Å². The Bertz CT molecular complexity index is 648. The fourth-order valence-corrected chi connectivity index (χ4v) is 4.92. The standard InChI is InChI=1S/C21H29N3O2/c25-19-17-23(15-14-22(19)16-18-8-2-1-3-9-18)20(26)21(10-4-5-11-21)24-12-6-7-13-24/h1-3,8-9H,4-7,10-17H2. The molecule has 0 spiro atoms. The summed E-state index contributed by atoms with van der Waals surface area (Å²) in [7, 11) is 0. The fraction of sp³-hybridized carbons (Fsp3) is 0.619. The van der Waals surface area contributed by atoms with Crippen molar-refractivity contribution in [3.8, 4) is 0 Å². The molecule has 2 heterocycles. The molecule has 5 nitrogen and oxygen atoms in total. The summed E-state index contributed by atoms with van der Waals surface area (Å²) in [5.41, 5.74) is 0.822. The second-order valence-electron chi connectivity index (χ2n) is 7.96. The summed E-state index contributed by atoms with van der Waals surface area (Å²) in [6, 6.07) is 10.1. The molecule has 2 saturated heterocycles. The van der Waals surface area contributed by atoms with Gasteiger partial charge >= 0.3 is 0 Å². The molecule has 3 aliphatic rings. The maximum absolute atomic E-state index is 13.4. The van der Waals surface area contributed by atoms with Gasteiger partial charge in [-0.25, -0.2) is 0 Å². The zero-order chi connectivity index (χ0) is 18.0. The highest BCUT2D eigenvalue weighted by atomic mass is 16.2. The number of hydrogen-bond donors (Lipinski definition) is 0. The van der Waals surface area contributed by atoms with Crippen molar-refractivity contribution < 1.29 is 9.59 Å². The minimum absolute atomic E-state index is 0.0722. The monoisotopic (exact) mass is 355 g/mol. The zero-order valence-electron chi connectivity index (χ0n) is 15.5. The molecule has 1 aromatic rings. The van der Waals surface area contributed by atoms with E-state index >= 15 is 0 Å². The minimum atomic E-state index is -0.321. The van der Waals surface area contributed by atoms with E-state index in [1.54, 1.807) is 0 Å². The van der Waals surface area contributed by atoms with Gasteiger partial charge in [-0.2, -0.15) is 0 Å².